The summed E-state index contributed by atoms with van der Waals surface area (Å²) in [5.41, 5.74) is 0.116. The molecule has 1 aromatic rings. The van der Waals surface area contributed by atoms with Crippen molar-refractivity contribution in [2.45, 2.75) is 0 Å². The highest BCUT2D eigenvalue weighted by atomic mass is 16.2. The van der Waals surface area contributed by atoms with Gasteiger partial charge in [0.25, 0.3) is 5.91 Å². The lowest BCUT2D eigenvalue weighted by atomic mass is 10.3. The highest BCUT2D eigenvalue weighted by Crippen LogP contribution is 2.02. The van der Waals surface area contributed by atoms with E-state index in [1.54, 1.807) is 0 Å². The second-order valence-electron chi connectivity index (χ2n) is 3.22. The van der Waals surface area contributed by atoms with Gasteiger partial charge < -0.3 is 4.90 Å². The third kappa shape index (κ3) is 2.02. The Morgan fingerprint density at radius 1 is 1.25 bits per heavy atom. The summed E-state index contributed by atoms with van der Waals surface area (Å²) in [5.74, 6) is -1.46. The number of aromatic nitrogens is 2. The van der Waals surface area contributed by atoms with Crippen LogP contribution in [-0.2, 0) is 9.59 Å². The molecule has 2 rings (SSSR count). The number of nitrogens with zero attached hydrogens (tertiary/aromatic N) is 3. The van der Waals surface area contributed by atoms with Gasteiger partial charge in [-0.25, -0.2) is 4.98 Å². The number of hydrogen-bond donors (Lipinski definition) is 1. The maximum Gasteiger partial charge on any atom is 0.274 e. The zero-order valence-corrected chi connectivity index (χ0v) is 8.21. The highest BCUT2D eigenvalue weighted by Gasteiger charge is 2.27. The molecule has 7 heteroatoms. The van der Waals surface area contributed by atoms with Crippen molar-refractivity contribution in [3.05, 3.63) is 24.3 Å². The SMILES string of the molecule is O=C1CN(C(=O)c2cnccn2)CC(=O)N1. The molecule has 0 spiro atoms. The molecule has 1 saturated heterocycles. The van der Waals surface area contributed by atoms with Crippen LogP contribution < -0.4 is 5.32 Å². The third-order valence-corrected chi connectivity index (χ3v) is 2.02. The molecule has 0 radical (unpaired) electrons. The first kappa shape index (κ1) is 10.2. The first-order valence-corrected chi connectivity index (χ1v) is 4.55. The smallest absolute Gasteiger partial charge is 0.274 e. The van der Waals surface area contributed by atoms with Crippen LogP contribution >= 0.6 is 0 Å². The number of amides is 3. The summed E-state index contributed by atoms with van der Waals surface area (Å²) in [4.78, 5) is 42.6. The first-order valence-electron chi connectivity index (χ1n) is 4.55. The van der Waals surface area contributed by atoms with Gasteiger partial charge in [0.2, 0.25) is 11.8 Å². The molecule has 82 valence electrons. The molecular formula is C9H8N4O3. The molecule has 1 aromatic heterocycles. The van der Waals surface area contributed by atoms with Gasteiger partial charge in [-0.05, 0) is 0 Å². The Hall–Kier alpha value is -2.31. The van der Waals surface area contributed by atoms with E-state index < -0.39 is 17.7 Å². The van der Waals surface area contributed by atoms with Crippen molar-refractivity contribution in [3.63, 3.8) is 0 Å². The lowest BCUT2D eigenvalue weighted by Crippen LogP contribution is -2.53. The molecule has 0 unspecified atom stereocenters. The van der Waals surface area contributed by atoms with Crippen LogP contribution in [0.1, 0.15) is 10.5 Å². The van der Waals surface area contributed by atoms with E-state index >= 15 is 0 Å². The van der Waals surface area contributed by atoms with Crippen LogP contribution in [0.2, 0.25) is 0 Å². The van der Waals surface area contributed by atoms with E-state index in [4.69, 9.17) is 0 Å². The van der Waals surface area contributed by atoms with Gasteiger partial charge in [0, 0.05) is 12.4 Å². The monoisotopic (exact) mass is 220 g/mol. The first-order chi connectivity index (χ1) is 7.66. The molecule has 3 amide bonds. The van der Waals surface area contributed by atoms with Crippen molar-refractivity contribution >= 4 is 17.7 Å². The zero-order chi connectivity index (χ0) is 11.5. The van der Waals surface area contributed by atoms with Gasteiger partial charge >= 0.3 is 0 Å². The van der Waals surface area contributed by atoms with Crippen molar-refractivity contribution in [1.82, 2.24) is 20.2 Å². The maximum atomic E-state index is 11.8. The highest BCUT2D eigenvalue weighted by molar-refractivity contribution is 6.05. The molecule has 1 N–H and O–H groups in total. The summed E-state index contributed by atoms with van der Waals surface area (Å²) in [7, 11) is 0. The van der Waals surface area contributed by atoms with Crippen LogP contribution in [0.3, 0.4) is 0 Å². The quantitative estimate of drug-likeness (QED) is 0.586. The van der Waals surface area contributed by atoms with Crippen LogP contribution in [0.5, 0.6) is 0 Å². The van der Waals surface area contributed by atoms with E-state index in [0.717, 1.165) is 4.90 Å². The molecule has 1 fully saturated rings. The predicted octanol–water partition coefficient (Wildman–Crippen LogP) is -1.42. The molecule has 16 heavy (non-hydrogen) atoms. The van der Waals surface area contributed by atoms with Gasteiger partial charge in [0.05, 0.1) is 6.20 Å². The Morgan fingerprint density at radius 3 is 2.50 bits per heavy atom. The summed E-state index contributed by atoms with van der Waals surface area (Å²) < 4.78 is 0. The van der Waals surface area contributed by atoms with Gasteiger partial charge in [0.15, 0.2) is 0 Å². The number of carbonyl (C=O) groups excluding carboxylic acids is 3. The summed E-state index contributed by atoms with van der Waals surface area (Å²) in [5, 5.41) is 2.11. The van der Waals surface area contributed by atoms with Crippen LogP contribution in [0.15, 0.2) is 18.6 Å². The molecule has 2 heterocycles. The fraction of sp³-hybridized carbons (Fsp3) is 0.222. The van der Waals surface area contributed by atoms with E-state index in [-0.39, 0.29) is 18.8 Å². The van der Waals surface area contributed by atoms with Crippen LogP contribution in [0.25, 0.3) is 0 Å². The Morgan fingerprint density at radius 2 is 1.94 bits per heavy atom. The van der Waals surface area contributed by atoms with Gasteiger partial charge in [-0.1, -0.05) is 0 Å². The van der Waals surface area contributed by atoms with Gasteiger partial charge in [-0.15, -0.1) is 0 Å². The van der Waals surface area contributed by atoms with Gasteiger partial charge in [-0.3, -0.25) is 24.7 Å². The van der Waals surface area contributed by atoms with Crippen molar-refractivity contribution in [3.8, 4) is 0 Å². The fourth-order valence-corrected chi connectivity index (χ4v) is 1.35. The molecule has 1 aliphatic heterocycles. The van der Waals surface area contributed by atoms with Gasteiger partial charge in [0.1, 0.15) is 18.8 Å². The summed E-state index contributed by atoms with van der Waals surface area (Å²) in [6.07, 6.45) is 4.10. The minimum atomic E-state index is -0.492. The lowest BCUT2D eigenvalue weighted by Gasteiger charge is -2.24. The van der Waals surface area contributed by atoms with Crippen molar-refractivity contribution in [1.29, 1.82) is 0 Å². The van der Waals surface area contributed by atoms with Gasteiger partial charge in [-0.2, -0.15) is 0 Å². The van der Waals surface area contributed by atoms with Crippen LogP contribution in [0.4, 0.5) is 0 Å². The van der Waals surface area contributed by atoms with E-state index in [9.17, 15) is 14.4 Å². The summed E-state index contributed by atoms with van der Waals surface area (Å²) in [6, 6.07) is 0. The molecule has 0 aromatic carbocycles. The Kier molecular flexibility index (Phi) is 2.59. The minimum Gasteiger partial charge on any atom is -0.319 e. The number of imide groups is 1. The molecule has 0 bridgehead atoms. The Labute approximate surface area is 90.5 Å². The summed E-state index contributed by atoms with van der Waals surface area (Å²) >= 11 is 0. The number of carbonyl (C=O) groups is 3. The molecule has 0 aliphatic carbocycles. The topological polar surface area (TPSA) is 92.3 Å². The average Bonchev–Trinajstić information content (AvgIpc) is 2.28. The van der Waals surface area contributed by atoms with E-state index in [2.05, 4.69) is 15.3 Å². The lowest BCUT2D eigenvalue weighted by molar-refractivity contribution is -0.135. The standard InChI is InChI=1S/C9H8N4O3/c14-7-4-13(5-8(15)12-7)9(16)6-3-10-1-2-11-6/h1-3H,4-5H2,(H,12,14,15). The second-order valence-corrected chi connectivity index (χ2v) is 3.22. The maximum absolute atomic E-state index is 11.8. The van der Waals surface area contributed by atoms with E-state index in [1.165, 1.54) is 18.6 Å². The average molecular weight is 220 g/mol. The molecule has 7 nitrogen and oxygen atoms in total. The number of nitrogens with one attached hydrogen (secondary N) is 1. The minimum absolute atomic E-state index is 0.116. The van der Waals surface area contributed by atoms with Crippen LogP contribution in [0, 0.1) is 0 Å². The van der Waals surface area contributed by atoms with Crippen molar-refractivity contribution in [2.75, 3.05) is 13.1 Å². The summed E-state index contributed by atoms with van der Waals surface area (Å²) in [6.45, 7) is -0.276. The van der Waals surface area contributed by atoms with Crippen molar-refractivity contribution < 1.29 is 14.4 Å². The fourth-order valence-electron chi connectivity index (χ4n) is 1.35. The predicted molar refractivity (Wildman–Crippen MR) is 51.1 cm³/mol. The van der Waals surface area contributed by atoms with Crippen molar-refractivity contribution in [2.24, 2.45) is 0 Å². The number of rotatable bonds is 1. The Bertz CT molecular complexity index is 429. The third-order valence-electron chi connectivity index (χ3n) is 2.02. The Balaban J connectivity index is 2.16. The van der Waals surface area contributed by atoms with E-state index in [1.807, 2.05) is 0 Å². The number of hydrogen-bond acceptors (Lipinski definition) is 5. The van der Waals surface area contributed by atoms with Crippen LogP contribution in [-0.4, -0.2) is 45.7 Å². The zero-order valence-electron chi connectivity index (χ0n) is 8.21. The molecular weight excluding hydrogens is 212 g/mol. The largest absolute Gasteiger partial charge is 0.319 e. The molecule has 0 atom stereocenters. The molecule has 0 saturated carbocycles. The molecule has 1 aliphatic rings. The van der Waals surface area contributed by atoms with E-state index in [0.29, 0.717) is 0 Å². The normalized spacial score (nSPS) is 15.9. The number of piperazine rings is 1. The second kappa shape index (κ2) is 4.05.